The normalized spacial score (nSPS) is 13.8. The molecule has 0 fully saturated rings. The van der Waals surface area contributed by atoms with Crippen LogP contribution in [-0.4, -0.2) is 49.3 Å². The van der Waals surface area contributed by atoms with Crippen LogP contribution in [0.5, 0.6) is 0 Å². The molecule has 0 spiro atoms. The SMILES string of the molecule is CC/C=C\C/C=C\C/C=C\C/C=C\C/C=C\C/C=C\CCCCCCCCCCCCCCC(=O)OC(COC(=O)CCCCCCC/C=C\CCCCCCC)COP(=O)(O)OCCN. The molecule has 9 nitrogen and oxygen atoms in total. The molecule has 0 aromatic rings. The molecule has 0 radical (unpaired) electrons. The first-order valence-electron chi connectivity index (χ1n) is 26.6. The van der Waals surface area contributed by atoms with Crippen molar-refractivity contribution in [2.45, 2.75) is 232 Å². The number of rotatable bonds is 49. The summed E-state index contributed by atoms with van der Waals surface area (Å²) in [4.78, 5) is 35.0. The van der Waals surface area contributed by atoms with Gasteiger partial charge in [-0.2, -0.15) is 0 Å². The van der Waals surface area contributed by atoms with Crippen LogP contribution < -0.4 is 5.73 Å². The average molecular weight is 944 g/mol. The smallest absolute Gasteiger partial charge is 0.462 e. The van der Waals surface area contributed by atoms with Crippen molar-refractivity contribution in [3.63, 3.8) is 0 Å². The van der Waals surface area contributed by atoms with Gasteiger partial charge in [-0.15, -0.1) is 0 Å². The van der Waals surface area contributed by atoms with E-state index in [9.17, 15) is 19.0 Å². The molecule has 0 aliphatic rings. The highest BCUT2D eigenvalue weighted by atomic mass is 31.2. The lowest BCUT2D eigenvalue weighted by molar-refractivity contribution is -0.161. The lowest BCUT2D eigenvalue weighted by Gasteiger charge is -2.19. The Morgan fingerprint density at radius 1 is 0.470 bits per heavy atom. The number of unbranched alkanes of at least 4 members (excludes halogenated alkanes) is 22. The minimum absolute atomic E-state index is 0.0492. The van der Waals surface area contributed by atoms with E-state index < -0.39 is 32.5 Å². The van der Waals surface area contributed by atoms with Gasteiger partial charge < -0.3 is 20.1 Å². The lowest BCUT2D eigenvalue weighted by Crippen LogP contribution is -2.29. The Morgan fingerprint density at radius 2 is 0.833 bits per heavy atom. The van der Waals surface area contributed by atoms with Gasteiger partial charge >= 0.3 is 19.8 Å². The van der Waals surface area contributed by atoms with E-state index in [1.807, 2.05) is 0 Å². The summed E-state index contributed by atoms with van der Waals surface area (Å²) in [6.45, 7) is 3.60. The summed E-state index contributed by atoms with van der Waals surface area (Å²) < 4.78 is 32.9. The second-order valence-corrected chi connectivity index (χ2v) is 18.8. The van der Waals surface area contributed by atoms with Crippen LogP contribution in [0.15, 0.2) is 85.1 Å². The maximum Gasteiger partial charge on any atom is 0.472 e. The molecule has 0 aromatic heterocycles. The first-order chi connectivity index (χ1) is 32.3. The monoisotopic (exact) mass is 944 g/mol. The number of phosphoric acid groups is 1. The topological polar surface area (TPSA) is 134 Å². The van der Waals surface area contributed by atoms with E-state index in [4.69, 9.17) is 24.3 Å². The molecule has 0 saturated carbocycles. The van der Waals surface area contributed by atoms with Gasteiger partial charge in [-0.3, -0.25) is 18.6 Å². The predicted molar refractivity (Wildman–Crippen MR) is 279 cm³/mol. The molecule has 380 valence electrons. The van der Waals surface area contributed by atoms with Gasteiger partial charge in [0.1, 0.15) is 6.61 Å². The van der Waals surface area contributed by atoms with Crippen LogP contribution in [0, 0.1) is 0 Å². The van der Waals surface area contributed by atoms with Gasteiger partial charge in [0.15, 0.2) is 6.10 Å². The first-order valence-corrected chi connectivity index (χ1v) is 28.1. The van der Waals surface area contributed by atoms with Crippen LogP contribution in [0.1, 0.15) is 226 Å². The molecule has 2 unspecified atom stereocenters. The molecule has 0 aliphatic carbocycles. The van der Waals surface area contributed by atoms with E-state index >= 15 is 0 Å². The van der Waals surface area contributed by atoms with Crippen molar-refractivity contribution < 1.29 is 37.6 Å². The maximum absolute atomic E-state index is 12.7. The number of allylic oxidation sites excluding steroid dienone is 14. The molecule has 0 aromatic carbocycles. The number of carbonyl (C=O) groups is 2. The molecular formula is C56H98NO8P. The van der Waals surface area contributed by atoms with Gasteiger partial charge in [-0.25, -0.2) is 4.57 Å². The second kappa shape index (κ2) is 51.6. The zero-order valence-corrected chi connectivity index (χ0v) is 43.0. The average Bonchev–Trinajstić information content (AvgIpc) is 3.31. The third kappa shape index (κ3) is 50.6. The van der Waals surface area contributed by atoms with Crippen LogP contribution in [0.3, 0.4) is 0 Å². The van der Waals surface area contributed by atoms with Crippen molar-refractivity contribution in [3.05, 3.63) is 85.1 Å². The molecule has 10 heteroatoms. The molecule has 0 heterocycles. The Kier molecular flexibility index (Phi) is 49.4. The number of nitrogens with two attached hydrogens (primary N) is 1. The third-order valence-corrected chi connectivity index (χ3v) is 12.0. The number of ether oxygens (including phenoxy) is 2. The summed E-state index contributed by atoms with van der Waals surface area (Å²) >= 11 is 0. The molecule has 0 rings (SSSR count). The van der Waals surface area contributed by atoms with Crippen molar-refractivity contribution >= 4 is 19.8 Å². The molecule has 0 bridgehead atoms. The standard InChI is InChI=1S/C56H98NO8P/c1-3-5-7-9-11-13-15-17-19-20-21-22-23-24-25-26-27-28-29-30-31-32-33-34-35-37-39-41-43-45-47-49-56(59)65-54(53-64-66(60,61)63-51-50-57)52-62-55(58)48-46-44-42-40-38-36-18-16-14-12-10-8-6-4-2/h5,7,11,13,16-19,21-22,24-25,27-28,54H,3-4,6,8-10,12,14-15,20,23,26,29-53,57H2,1-2H3,(H,60,61)/b7-5-,13-11-,18-16-,19-17-,22-21-,25-24-,28-27-. The number of carbonyl (C=O) groups excluding carboxylic acids is 2. The Balaban J connectivity index is 3.99. The van der Waals surface area contributed by atoms with Crippen LogP contribution in [0.25, 0.3) is 0 Å². The summed E-state index contributed by atoms with van der Waals surface area (Å²) in [5, 5.41) is 0. The molecule has 3 N–H and O–H groups in total. The van der Waals surface area contributed by atoms with Crippen molar-refractivity contribution in [1.82, 2.24) is 0 Å². The maximum atomic E-state index is 12.7. The zero-order valence-electron chi connectivity index (χ0n) is 42.2. The summed E-state index contributed by atoms with van der Waals surface area (Å²) in [5.41, 5.74) is 5.37. The minimum atomic E-state index is -4.39. The summed E-state index contributed by atoms with van der Waals surface area (Å²) in [6.07, 6.45) is 66.3. The number of esters is 2. The van der Waals surface area contributed by atoms with E-state index in [1.54, 1.807) is 0 Å². The van der Waals surface area contributed by atoms with Crippen LogP contribution >= 0.6 is 7.82 Å². The van der Waals surface area contributed by atoms with E-state index in [2.05, 4.69) is 98.9 Å². The van der Waals surface area contributed by atoms with Crippen LogP contribution in [-0.2, 0) is 32.7 Å². The van der Waals surface area contributed by atoms with Gasteiger partial charge in [0.25, 0.3) is 0 Å². The van der Waals surface area contributed by atoms with Gasteiger partial charge in [-0.05, 0) is 89.9 Å². The fourth-order valence-electron chi connectivity index (χ4n) is 7.10. The van der Waals surface area contributed by atoms with Crippen molar-refractivity contribution in [1.29, 1.82) is 0 Å². The summed E-state index contributed by atoms with van der Waals surface area (Å²) in [6, 6.07) is 0. The van der Waals surface area contributed by atoms with Crippen molar-refractivity contribution in [3.8, 4) is 0 Å². The fourth-order valence-corrected chi connectivity index (χ4v) is 7.87. The van der Waals surface area contributed by atoms with Gasteiger partial charge in [-0.1, -0.05) is 208 Å². The predicted octanol–water partition coefficient (Wildman–Crippen LogP) is 16.3. The van der Waals surface area contributed by atoms with Crippen molar-refractivity contribution in [2.24, 2.45) is 5.73 Å². The van der Waals surface area contributed by atoms with Gasteiger partial charge in [0.05, 0.1) is 13.2 Å². The molecule has 66 heavy (non-hydrogen) atoms. The fraction of sp³-hybridized carbons (Fsp3) is 0.714. The highest BCUT2D eigenvalue weighted by Gasteiger charge is 2.26. The summed E-state index contributed by atoms with van der Waals surface area (Å²) in [5.74, 6) is -0.841. The number of hydrogen-bond acceptors (Lipinski definition) is 8. The van der Waals surface area contributed by atoms with Gasteiger partial charge in [0, 0.05) is 19.4 Å². The second-order valence-electron chi connectivity index (χ2n) is 17.4. The Labute approximate surface area is 404 Å². The third-order valence-electron chi connectivity index (χ3n) is 11.0. The molecule has 0 aliphatic heterocycles. The van der Waals surface area contributed by atoms with Crippen LogP contribution in [0.4, 0.5) is 0 Å². The number of hydrogen-bond donors (Lipinski definition) is 2. The van der Waals surface area contributed by atoms with Gasteiger partial charge in [0.2, 0.25) is 0 Å². The largest absolute Gasteiger partial charge is 0.472 e. The Hall–Kier alpha value is -2.81. The minimum Gasteiger partial charge on any atom is -0.462 e. The Bertz CT molecular complexity index is 1350. The molecule has 2 atom stereocenters. The molecule has 0 saturated heterocycles. The number of phosphoric ester groups is 1. The van der Waals surface area contributed by atoms with Crippen molar-refractivity contribution in [2.75, 3.05) is 26.4 Å². The van der Waals surface area contributed by atoms with E-state index in [1.165, 1.54) is 96.3 Å². The zero-order chi connectivity index (χ0) is 48.1. The highest BCUT2D eigenvalue weighted by Crippen LogP contribution is 2.43. The van der Waals surface area contributed by atoms with E-state index in [-0.39, 0.29) is 32.6 Å². The van der Waals surface area contributed by atoms with E-state index in [0.29, 0.717) is 6.42 Å². The van der Waals surface area contributed by atoms with E-state index in [0.717, 1.165) is 96.3 Å². The lowest BCUT2D eigenvalue weighted by atomic mass is 10.0. The highest BCUT2D eigenvalue weighted by molar-refractivity contribution is 7.47. The van der Waals surface area contributed by atoms with Crippen LogP contribution in [0.2, 0.25) is 0 Å². The quantitative estimate of drug-likeness (QED) is 0.0265. The molecular weight excluding hydrogens is 846 g/mol. The Morgan fingerprint density at radius 3 is 1.26 bits per heavy atom. The summed E-state index contributed by atoms with van der Waals surface area (Å²) in [7, 11) is -4.39. The first kappa shape index (κ1) is 63.2. The molecule has 0 amide bonds.